The Balaban J connectivity index is 2.58. The van der Waals surface area contributed by atoms with Crippen molar-refractivity contribution in [1.82, 2.24) is 0 Å². The number of aliphatic hydroxyl groups excluding tert-OH is 1. The molecule has 0 radical (unpaired) electrons. The summed E-state index contributed by atoms with van der Waals surface area (Å²) in [6.45, 7) is 1.72. The van der Waals surface area contributed by atoms with E-state index in [9.17, 15) is 9.50 Å². The van der Waals surface area contributed by atoms with Crippen molar-refractivity contribution in [3.05, 3.63) is 35.6 Å². The van der Waals surface area contributed by atoms with Crippen LogP contribution < -0.4 is 0 Å². The van der Waals surface area contributed by atoms with E-state index in [0.29, 0.717) is 18.4 Å². The largest absolute Gasteiger partial charge is 0.392 e. The second-order valence-corrected chi connectivity index (χ2v) is 3.08. The first-order valence-corrected chi connectivity index (χ1v) is 4.55. The fraction of sp³-hybridized carbons (Fsp3) is 0.333. The molecule has 0 fully saturated rings. The molecule has 1 aromatic rings. The van der Waals surface area contributed by atoms with Crippen molar-refractivity contribution in [2.45, 2.75) is 25.9 Å². The average molecular weight is 192 g/mol. The number of hydrogen-bond acceptors (Lipinski definition) is 1. The molecule has 1 nitrogen and oxygen atoms in total. The molecular formula is C12H13FO. The van der Waals surface area contributed by atoms with Crippen molar-refractivity contribution in [2.24, 2.45) is 0 Å². The summed E-state index contributed by atoms with van der Waals surface area (Å²) < 4.78 is 13.1. The van der Waals surface area contributed by atoms with Crippen molar-refractivity contribution in [3.8, 4) is 11.8 Å². The van der Waals surface area contributed by atoms with E-state index in [1.165, 1.54) is 6.07 Å². The lowest BCUT2D eigenvalue weighted by molar-refractivity contribution is 0.179. The highest BCUT2D eigenvalue weighted by Crippen LogP contribution is 2.10. The molecule has 0 aromatic heterocycles. The summed E-state index contributed by atoms with van der Waals surface area (Å²) in [7, 11) is 0. The van der Waals surface area contributed by atoms with Crippen LogP contribution in [0.5, 0.6) is 0 Å². The van der Waals surface area contributed by atoms with Crippen molar-refractivity contribution < 1.29 is 9.50 Å². The van der Waals surface area contributed by atoms with Crippen molar-refractivity contribution in [2.75, 3.05) is 0 Å². The summed E-state index contributed by atoms with van der Waals surface area (Å²) in [5, 5.41) is 9.49. The SMILES string of the molecule is CC#CCC(O)Cc1ccccc1F. The summed E-state index contributed by atoms with van der Waals surface area (Å²) in [4.78, 5) is 0. The predicted molar refractivity (Wildman–Crippen MR) is 54.2 cm³/mol. The van der Waals surface area contributed by atoms with Crippen LogP contribution in [-0.2, 0) is 6.42 Å². The number of rotatable bonds is 3. The van der Waals surface area contributed by atoms with Gasteiger partial charge in [0.15, 0.2) is 0 Å². The van der Waals surface area contributed by atoms with Gasteiger partial charge in [-0.05, 0) is 18.6 Å². The third kappa shape index (κ3) is 3.20. The maximum absolute atomic E-state index is 13.1. The number of benzene rings is 1. The zero-order valence-corrected chi connectivity index (χ0v) is 8.13. The Morgan fingerprint density at radius 2 is 2.14 bits per heavy atom. The highest BCUT2D eigenvalue weighted by molar-refractivity contribution is 5.18. The van der Waals surface area contributed by atoms with Crippen LogP contribution in [0.15, 0.2) is 24.3 Å². The van der Waals surface area contributed by atoms with E-state index in [1.54, 1.807) is 25.1 Å². The Hall–Kier alpha value is -1.33. The lowest BCUT2D eigenvalue weighted by Gasteiger charge is -2.07. The van der Waals surface area contributed by atoms with Gasteiger partial charge in [0.1, 0.15) is 5.82 Å². The molecule has 0 heterocycles. The molecular weight excluding hydrogens is 179 g/mol. The van der Waals surface area contributed by atoms with E-state index >= 15 is 0 Å². The summed E-state index contributed by atoms with van der Waals surface area (Å²) in [6, 6.07) is 6.47. The maximum Gasteiger partial charge on any atom is 0.126 e. The summed E-state index contributed by atoms with van der Waals surface area (Å²) in [5.74, 6) is 5.19. The Morgan fingerprint density at radius 3 is 2.79 bits per heavy atom. The van der Waals surface area contributed by atoms with Gasteiger partial charge in [-0.3, -0.25) is 0 Å². The van der Waals surface area contributed by atoms with Gasteiger partial charge in [-0.2, -0.15) is 0 Å². The number of hydrogen-bond donors (Lipinski definition) is 1. The van der Waals surface area contributed by atoms with Gasteiger partial charge in [0, 0.05) is 12.8 Å². The standard InChI is InChI=1S/C12H13FO/c1-2-3-7-11(14)9-10-6-4-5-8-12(10)13/h4-6,8,11,14H,7,9H2,1H3. The maximum atomic E-state index is 13.1. The highest BCUT2D eigenvalue weighted by atomic mass is 19.1. The molecule has 0 spiro atoms. The molecule has 1 unspecified atom stereocenters. The van der Waals surface area contributed by atoms with Gasteiger partial charge in [-0.1, -0.05) is 18.2 Å². The fourth-order valence-electron chi connectivity index (χ4n) is 1.21. The molecule has 0 saturated heterocycles. The van der Waals surface area contributed by atoms with E-state index in [4.69, 9.17) is 0 Å². The minimum Gasteiger partial charge on any atom is -0.392 e. The first-order valence-electron chi connectivity index (χ1n) is 4.55. The van der Waals surface area contributed by atoms with Crippen LogP contribution in [0.1, 0.15) is 18.9 Å². The molecule has 0 amide bonds. The van der Waals surface area contributed by atoms with Crippen LogP contribution in [0, 0.1) is 17.7 Å². The lowest BCUT2D eigenvalue weighted by atomic mass is 10.1. The van der Waals surface area contributed by atoms with Gasteiger partial charge in [0.05, 0.1) is 6.10 Å². The minimum absolute atomic E-state index is 0.268. The Kier molecular flexibility index (Phi) is 4.15. The van der Waals surface area contributed by atoms with E-state index in [0.717, 1.165) is 0 Å². The van der Waals surface area contributed by atoms with E-state index < -0.39 is 6.10 Å². The van der Waals surface area contributed by atoms with Crippen LogP contribution in [0.2, 0.25) is 0 Å². The average Bonchev–Trinajstić information content (AvgIpc) is 2.18. The predicted octanol–water partition coefficient (Wildman–Crippen LogP) is 2.14. The third-order valence-electron chi connectivity index (χ3n) is 1.93. The summed E-state index contributed by atoms with van der Waals surface area (Å²) in [5.41, 5.74) is 0.540. The molecule has 1 aromatic carbocycles. The molecule has 0 aliphatic heterocycles. The molecule has 0 aliphatic rings. The lowest BCUT2D eigenvalue weighted by Crippen LogP contribution is -2.10. The third-order valence-corrected chi connectivity index (χ3v) is 1.93. The molecule has 1 N–H and O–H groups in total. The first kappa shape index (κ1) is 10.7. The normalized spacial score (nSPS) is 11.6. The fourth-order valence-corrected chi connectivity index (χ4v) is 1.21. The van der Waals surface area contributed by atoms with Crippen LogP contribution >= 0.6 is 0 Å². The van der Waals surface area contributed by atoms with Gasteiger partial charge in [-0.15, -0.1) is 11.8 Å². The molecule has 2 heteroatoms. The molecule has 0 saturated carbocycles. The van der Waals surface area contributed by atoms with Crippen LogP contribution in [0.25, 0.3) is 0 Å². The van der Waals surface area contributed by atoms with Gasteiger partial charge < -0.3 is 5.11 Å². The number of halogens is 1. The second kappa shape index (κ2) is 5.41. The minimum atomic E-state index is -0.584. The summed E-state index contributed by atoms with van der Waals surface area (Å²) >= 11 is 0. The Labute approximate surface area is 83.6 Å². The van der Waals surface area contributed by atoms with E-state index in [1.807, 2.05) is 0 Å². The molecule has 1 rings (SSSR count). The molecule has 1 atom stereocenters. The Bertz CT molecular complexity index is 349. The molecule has 74 valence electrons. The Morgan fingerprint density at radius 1 is 1.43 bits per heavy atom. The molecule has 14 heavy (non-hydrogen) atoms. The topological polar surface area (TPSA) is 20.2 Å². The van der Waals surface area contributed by atoms with Gasteiger partial charge in [0.2, 0.25) is 0 Å². The van der Waals surface area contributed by atoms with Crippen LogP contribution in [-0.4, -0.2) is 11.2 Å². The smallest absolute Gasteiger partial charge is 0.126 e. The van der Waals surface area contributed by atoms with Crippen molar-refractivity contribution in [3.63, 3.8) is 0 Å². The van der Waals surface area contributed by atoms with Gasteiger partial charge in [0.25, 0.3) is 0 Å². The first-order chi connectivity index (χ1) is 6.74. The highest BCUT2D eigenvalue weighted by Gasteiger charge is 2.07. The molecule has 0 aliphatic carbocycles. The van der Waals surface area contributed by atoms with Gasteiger partial charge in [-0.25, -0.2) is 4.39 Å². The van der Waals surface area contributed by atoms with Crippen LogP contribution in [0.3, 0.4) is 0 Å². The monoisotopic (exact) mass is 192 g/mol. The van der Waals surface area contributed by atoms with Crippen LogP contribution in [0.4, 0.5) is 4.39 Å². The number of aliphatic hydroxyl groups is 1. The zero-order valence-electron chi connectivity index (χ0n) is 8.13. The summed E-state index contributed by atoms with van der Waals surface area (Å²) in [6.07, 6.45) is 0.131. The quantitative estimate of drug-likeness (QED) is 0.727. The van der Waals surface area contributed by atoms with Crippen molar-refractivity contribution >= 4 is 0 Å². The zero-order chi connectivity index (χ0) is 10.4. The van der Waals surface area contributed by atoms with E-state index in [2.05, 4.69) is 11.8 Å². The van der Waals surface area contributed by atoms with E-state index in [-0.39, 0.29) is 5.82 Å². The second-order valence-electron chi connectivity index (χ2n) is 3.08. The molecule has 0 bridgehead atoms. The van der Waals surface area contributed by atoms with Gasteiger partial charge >= 0.3 is 0 Å². The van der Waals surface area contributed by atoms with Crippen molar-refractivity contribution in [1.29, 1.82) is 0 Å².